The van der Waals surface area contributed by atoms with Crippen LogP contribution in [0.15, 0.2) is 24.3 Å². The number of nitrogens with zero attached hydrogens (tertiary/aromatic N) is 1. The molecule has 0 spiro atoms. The third-order valence-electron chi connectivity index (χ3n) is 4.27. The van der Waals surface area contributed by atoms with Gasteiger partial charge in [0.1, 0.15) is 5.75 Å². The molecule has 19 heavy (non-hydrogen) atoms. The summed E-state index contributed by atoms with van der Waals surface area (Å²) in [4.78, 5) is 2.59. The predicted octanol–water partition coefficient (Wildman–Crippen LogP) is 3.16. The van der Waals surface area contributed by atoms with Gasteiger partial charge in [-0.25, -0.2) is 0 Å². The van der Waals surface area contributed by atoms with Crippen LogP contribution in [-0.2, 0) is 0 Å². The first kappa shape index (κ1) is 14.2. The van der Waals surface area contributed by atoms with Gasteiger partial charge in [-0.3, -0.25) is 0 Å². The monoisotopic (exact) mass is 262 g/mol. The Morgan fingerprint density at radius 2 is 2.11 bits per heavy atom. The van der Waals surface area contributed by atoms with Gasteiger partial charge in [0, 0.05) is 12.6 Å². The maximum absolute atomic E-state index is 5.85. The van der Waals surface area contributed by atoms with E-state index in [0.29, 0.717) is 6.04 Å². The largest absolute Gasteiger partial charge is 0.491 e. The van der Waals surface area contributed by atoms with Crippen LogP contribution in [-0.4, -0.2) is 30.6 Å². The summed E-state index contributed by atoms with van der Waals surface area (Å²) >= 11 is 0. The number of nitrogen functional groups attached to an aromatic ring is 1. The molecular weight excluding hydrogens is 236 g/mol. The molecule has 1 aliphatic rings. The Morgan fingerprint density at radius 1 is 1.32 bits per heavy atom. The van der Waals surface area contributed by atoms with E-state index < -0.39 is 0 Å². The van der Waals surface area contributed by atoms with E-state index in [-0.39, 0.29) is 0 Å². The van der Waals surface area contributed by atoms with Gasteiger partial charge < -0.3 is 15.4 Å². The van der Waals surface area contributed by atoms with Gasteiger partial charge >= 0.3 is 0 Å². The first-order valence-corrected chi connectivity index (χ1v) is 7.40. The van der Waals surface area contributed by atoms with Crippen molar-refractivity contribution in [1.29, 1.82) is 0 Å². The van der Waals surface area contributed by atoms with Crippen LogP contribution in [0.1, 0.15) is 33.1 Å². The van der Waals surface area contributed by atoms with Gasteiger partial charge in [0.15, 0.2) is 0 Å². The van der Waals surface area contributed by atoms with Crippen LogP contribution < -0.4 is 10.5 Å². The zero-order valence-electron chi connectivity index (χ0n) is 12.1. The molecule has 0 bridgehead atoms. The van der Waals surface area contributed by atoms with Crippen molar-refractivity contribution >= 4 is 5.69 Å². The van der Waals surface area contributed by atoms with Gasteiger partial charge in [-0.05, 0) is 50.8 Å². The highest BCUT2D eigenvalue weighted by molar-refractivity contribution is 5.51. The molecule has 1 fully saturated rings. The van der Waals surface area contributed by atoms with E-state index >= 15 is 0 Å². The van der Waals surface area contributed by atoms with Crippen LogP contribution in [0.3, 0.4) is 0 Å². The Bertz CT molecular complexity index is 394. The second-order valence-corrected chi connectivity index (χ2v) is 5.64. The summed E-state index contributed by atoms with van der Waals surface area (Å²) in [6, 6.07) is 8.40. The number of hydrogen-bond acceptors (Lipinski definition) is 3. The summed E-state index contributed by atoms with van der Waals surface area (Å²) in [5.41, 5.74) is 6.57. The fourth-order valence-corrected chi connectivity index (χ4v) is 2.80. The lowest BCUT2D eigenvalue weighted by molar-refractivity contribution is 0.106. The minimum atomic E-state index is 0.704. The SMILES string of the molecule is CC1CCCN(CCCOc2ccccc2N)C1C. The number of nitrogens with two attached hydrogens (primary N) is 1. The molecule has 106 valence electrons. The Hall–Kier alpha value is -1.22. The Morgan fingerprint density at radius 3 is 2.89 bits per heavy atom. The smallest absolute Gasteiger partial charge is 0.142 e. The number of anilines is 1. The molecular formula is C16H26N2O. The fourth-order valence-electron chi connectivity index (χ4n) is 2.80. The number of likely N-dealkylation sites (tertiary alicyclic amines) is 1. The minimum absolute atomic E-state index is 0.704. The summed E-state index contributed by atoms with van der Waals surface area (Å²) in [5, 5.41) is 0. The third-order valence-corrected chi connectivity index (χ3v) is 4.27. The standard InChI is InChI=1S/C16H26N2O/c1-13-7-5-10-18(14(13)2)11-6-12-19-16-9-4-3-8-15(16)17/h3-4,8-9,13-14H,5-7,10-12,17H2,1-2H3. The van der Waals surface area contributed by atoms with Crippen LogP contribution in [0.25, 0.3) is 0 Å². The highest BCUT2D eigenvalue weighted by Crippen LogP contribution is 2.23. The van der Waals surface area contributed by atoms with Crippen molar-refractivity contribution in [2.75, 3.05) is 25.4 Å². The number of benzene rings is 1. The van der Waals surface area contributed by atoms with Crippen LogP contribution in [0.4, 0.5) is 5.69 Å². The predicted molar refractivity (Wildman–Crippen MR) is 80.4 cm³/mol. The summed E-state index contributed by atoms with van der Waals surface area (Å²) in [6.07, 6.45) is 3.76. The molecule has 0 aromatic heterocycles. The molecule has 2 rings (SSSR count). The Labute approximate surface area is 116 Å². The van der Waals surface area contributed by atoms with Gasteiger partial charge in [0.05, 0.1) is 12.3 Å². The second-order valence-electron chi connectivity index (χ2n) is 5.64. The molecule has 2 atom stereocenters. The average molecular weight is 262 g/mol. The summed E-state index contributed by atoms with van der Waals surface area (Å²) in [7, 11) is 0. The molecule has 3 heteroatoms. The number of hydrogen-bond donors (Lipinski definition) is 1. The normalized spacial score (nSPS) is 24.3. The van der Waals surface area contributed by atoms with E-state index in [1.807, 2.05) is 24.3 Å². The molecule has 0 amide bonds. The van der Waals surface area contributed by atoms with Crippen molar-refractivity contribution in [2.45, 2.75) is 39.2 Å². The Balaban J connectivity index is 1.71. The minimum Gasteiger partial charge on any atom is -0.491 e. The molecule has 3 nitrogen and oxygen atoms in total. The molecule has 2 N–H and O–H groups in total. The zero-order valence-corrected chi connectivity index (χ0v) is 12.1. The highest BCUT2D eigenvalue weighted by atomic mass is 16.5. The quantitative estimate of drug-likeness (QED) is 0.654. The molecule has 0 saturated carbocycles. The van der Waals surface area contributed by atoms with Gasteiger partial charge in [-0.15, -0.1) is 0 Å². The maximum atomic E-state index is 5.85. The highest BCUT2D eigenvalue weighted by Gasteiger charge is 2.23. The second kappa shape index (κ2) is 6.80. The first-order chi connectivity index (χ1) is 9.18. The molecule has 1 saturated heterocycles. The Kier molecular flexibility index (Phi) is 5.08. The summed E-state index contributed by atoms with van der Waals surface area (Å²) in [6.45, 7) is 7.81. The first-order valence-electron chi connectivity index (χ1n) is 7.40. The van der Waals surface area contributed by atoms with Crippen LogP contribution in [0, 0.1) is 5.92 Å². The number of rotatable bonds is 5. The van der Waals surface area contributed by atoms with E-state index in [4.69, 9.17) is 10.5 Å². The topological polar surface area (TPSA) is 38.5 Å². The van der Waals surface area contributed by atoms with Gasteiger partial charge in [0.2, 0.25) is 0 Å². The molecule has 0 aliphatic carbocycles. The van der Waals surface area contributed by atoms with Crippen molar-refractivity contribution in [3.63, 3.8) is 0 Å². The molecule has 1 aromatic rings. The van der Waals surface area contributed by atoms with Crippen LogP contribution in [0.5, 0.6) is 5.75 Å². The molecule has 1 aromatic carbocycles. The van der Waals surface area contributed by atoms with Crippen LogP contribution in [0.2, 0.25) is 0 Å². The van der Waals surface area contributed by atoms with Crippen LogP contribution >= 0.6 is 0 Å². The number of ether oxygens (including phenoxy) is 1. The van der Waals surface area contributed by atoms with Crippen molar-refractivity contribution < 1.29 is 4.74 Å². The summed E-state index contributed by atoms with van der Waals surface area (Å²) in [5.74, 6) is 1.63. The van der Waals surface area contributed by atoms with Crippen molar-refractivity contribution in [1.82, 2.24) is 4.90 Å². The lowest BCUT2D eigenvalue weighted by Crippen LogP contribution is -2.43. The van der Waals surface area contributed by atoms with Crippen molar-refractivity contribution in [3.05, 3.63) is 24.3 Å². The van der Waals surface area contributed by atoms with E-state index in [1.54, 1.807) is 0 Å². The maximum Gasteiger partial charge on any atom is 0.142 e. The third kappa shape index (κ3) is 3.87. The lowest BCUT2D eigenvalue weighted by Gasteiger charge is -2.37. The van der Waals surface area contributed by atoms with Crippen molar-refractivity contribution in [3.8, 4) is 5.75 Å². The van der Waals surface area contributed by atoms with Gasteiger partial charge in [-0.2, -0.15) is 0 Å². The fraction of sp³-hybridized carbons (Fsp3) is 0.625. The number of piperidine rings is 1. The zero-order chi connectivity index (χ0) is 13.7. The van der Waals surface area contributed by atoms with E-state index in [0.717, 1.165) is 36.9 Å². The van der Waals surface area contributed by atoms with Crippen molar-refractivity contribution in [2.24, 2.45) is 5.92 Å². The lowest BCUT2D eigenvalue weighted by atomic mass is 9.92. The van der Waals surface area contributed by atoms with Gasteiger partial charge in [-0.1, -0.05) is 19.1 Å². The molecule has 1 aliphatic heterocycles. The van der Waals surface area contributed by atoms with E-state index in [1.165, 1.54) is 19.4 Å². The summed E-state index contributed by atoms with van der Waals surface area (Å²) < 4.78 is 5.74. The van der Waals surface area contributed by atoms with Gasteiger partial charge in [0.25, 0.3) is 0 Å². The number of para-hydroxylation sites is 2. The molecule has 2 unspecified atom stereocenters. The molecule has 0 radical (unpaired) electrons. The molecule has 1 heterocycles. The van der Waals surface area contributed by atoms with E-state index in [2.05, 4.69) is 18.7 Å². The average Bonchev–Trinajstić information content (AvgIpc) is 2.41. The van der Waals surface area contributed by atoms with E-state index in [9.17, 15) is 0 Å².